The fourth-order valence-electron chi connectivity index (χ4n) is 0.474. The molecule has 0 rings (SSSR count). The first-order chi connectivity index (χ1) is 5.13. The normalized spacial score (nSPS) is 11.8. The summed E-state index contributed by atoms with van der Waals surface area (Å²) in [4.78, 5) is 10.9. The van der Waals surface area contributed by atoms with E-state index in [1.165, 1.54) is 0 Å². The van der Waals surface area contributed by atoms with Crippen molar-refractivity contribution in [3.05, 3.63) is 0 Å². The molecule has 0 aromatic rings. The number of rotatable bonds is 2. The van der Waals surface area contributed by atoms with Crippen LogP contribution in [0.4, 0.5) is 12.9 Å². The molecule has 0 atom stereocenters. The Morgan fingerprint density at radius 3 is 1.92 bits per heavy atom. The average molecular weight is 221 g/mol. The number of halogens is 3. The van der Waals surface area contributed by atoms with Gasteiger partial charge in [0.05, 0.1) is 0 Å². The number of carbonyl (C=O) groups excluding carboxylic acids is 1. The van der Waals surface area contributed by atoms with Crippen LogP contribution in [0, 0.1) is 5.41 Å². The molecule has 0 aliphatic heterocycles. The molecule has 0 heterocycles. The van der Waals surface area contributed by atoms with E-state index in [1.807, 2.05) is 5.32 Å². The van der Waals surface area contributed by atoms with Gasteiger partial charge in [0.1, 0.15) is 0 Å². The zero-order valence-corrected chi connectivity index (χ0v) is 11.4. The maximum atomic E-state index is 11.7. The Kier molecular flexibility index (Phi) is 7.25. The molecule has 0 aliphatic carbocycles. The Morgan fingerprint density at radius 2 is 1.69 bits per heavy atom. The molecule has 0 saturated heterocycles. The van der Waals surface area contributed by atoms with Crippen LogP contribution in [0.25, 0.3) is 0 Å². The molecule has 0 spiro atoms. The van der Waals surface area contributed by atoms with Gasteiger partial charge in [-0.25, -0.2) is 0 Å². The first kappa shape index (κ1) is 16.4. The average Bonchev–Trinajstić information content (AvgIpc) is 1.78. The largest absolute Gasteiger partial charge is 1.00 e. The van der Waals surface area contributed by atoms with E-state index in [0.29, 0.717) is 0 Å². The minimum absolute atomic E-state index is 0. The van der Waals surface area contributed by atoms with Crippen molar-refractivity contribution in [3.63, 3.8) is 0 Å². The smallest absolute Gasteiger partial charge is 0.448 e. The van der Waals surface area contributed by atoms with Gasteiger partial charge in [-0.2, -0.15) is 0 Å². The van der Waals surface area contributed by atoms with Crippen molar-refractivity contribution in [1.82, 2.24) is 5.32 Å². The summed E-state index contributed by atoms with van der Waals surface area (Å²) in [5.41, 5.74) is -0.763. The monoisotopic (exact) mass is 221 g/mol. The summed E-state index contributed by atoms with van der Waals surface area (Å²) in [6.45, 7) is -0.233. The molecular formula is C6H12BF3KNO. The van der Waals surface area contributed by atoms with Crippen molar-refractivity contribution in [2.75, 3.05) is 6.44 Å². The molecule has 0 aromatic heterocycles. The Labute approximate surface area is 119 Å². The number of hydrogen-bond acceptors (Lipinski definition) is 1. The molecule has 0 unspecified atom stereocenters. The van der Waals surface area contributed by atoms with Crippen LogP contribution in [0.2, 0.25) is 0 Å². The van der Waals surface area contributed by atoms with Gasteiger partial charge in [-0.3, -0.25) is 4.79 Å². The first-order valence-corrected chi connectivity index (χ1v) is 3.62. The standard InChI is InChI=1S/C6H12BF3NO.K/c1-6(2,3)5(12)11-4-7(8,9)10;/h4H2,1-3H3,(H,11,12);/q-1;+1. The van der Waals surface area contributed by atoms with Crippen LogP contribution in [0.3, 0.4) is 0 Å². The fraction of sp³-hybridized carbons (Fsp3) is 0.833. The van der Waals surface area contributed by atoms with Gasteiger partial charge in [0, 0.05) is 5.41 Å². The quantitative estimate of drug-likeness (QED) is 0.567. The Hall–Kier alpha value is 0.961. The third-order valence-electron chi connectivity index (χ3n) is 1.18. The van der Waals surface area contributed by atoms with Crippen LogP contribution in [0.1, 0.15) is 20.8 Å². The van der Waals surface area contributed by atoms with Crippen molar-refractivity contribution in [3.8, 4) is 0 Å². The molecule has 13 heavy (non-hydrogen) atoms. The molecule has 0 saturated carbocycles. The van der Waals surface area contributed by atoms with Crippen molar-refractivity contribution < 1.29 is 69.1 Å². The van der Waals surface area contributed by atoms with E-state index in [0.717, 1.165) is 0 Å². The van der Waals surface area contributed by atoms with Crippen molar-refractivity contribution in [1.29, 1.82) is 0 Å². The van der Waals surface area contributed by atoms with E-state index in [2.05, 4.69) is 0 Å². The van der Waals surface area contributed by atoms with Gasteiger partial charge in [0.25, 0.3) is 0 Å². The zero-order chi connectivity index (χ0) is 9.99. The van der Waals surface area contributed by atoms with Gasteiger partial charge in [0.2, 0.25) is 5.91 Å². The summed E-state index contributed by atoms with van der Waals surface area (Å²) in [5, 5.41) is 1.83. The predicted octanol–water partition coefficient (Wildman–Crippen LogP) is -1.46. The SMILES string of the molecule is CC(C)(C)C(=O)NC[B-](F)(F)F.[K+]. The molecule has 1 amide bonds. The van der Waals surface area contributed by atoms with Gasteiger partial charge in [-0.15, -0.1) is 0 Å². The topological polar surface area (TPSA) is 29.1 Å². The van der Waals surface area contributed by atoms with Crippen LogP contribution in [0.15, 0.2) is 0 Å². The minimum atomic E-state index is -4.92. The maximum absolute atomic E-state index is 11.7. The second kappa shape index (κ2) is 5.75. The van der Waals surface area contributed by atoms with Crippen LogP contribution in [-0.2, 0) is 4.79 Å². The summed E-state index contributed by atoms with van der Waals surface area (Å²) < 4.78 is 35.0. The number of amides is 1. The van der Waals surface area contributed by atoms with Gasteiger partial charge in [-0.1, -0.05) is 20.8 Å². The number of nitrogens with one attached hydrogen (secondary N) is 1. The second-order valence-electron chi connectivity index (χ2n) is 3.67. The number of carbonyl (C=O) groups is 1. The predicted molar refractivity (Wildman–Crippen MR) is 41.5 cm³/mol. The van der Waals surface area contributed by atoms with E-state index >= 15 is 0 Å². The summed E-state index contributed by atoms with van der Waals surface area (Å²) in [6.07, 6.45) is -1.20. The van der Waals surface area contributed by atoms with Gasteiger partial charge >= 0.3 is 58.4 Å². The molecule has 0 bridgehead atoms. The molecule has 0 radical (unpaired) electrons. The summed E-state index contributed by atoms with van der Waals surface area (Å²) >= 11 is 0. The summed E-state index contributed by atoms with van der Waals surface area (Å²) in [5.74, 6) is -0.582. The van der Waals surface area contributed by atoms with Crippen LogP contribution in [-0.4, -0.2) is 19.3 Å². The molecular weight excluding hydrogens is 209 g/mol. The van der Waals surface area contributed by atoms with Gasteiger partial charge in [0.15, 0.2) is 0 Å². The molecule has 2 nitrogen and oxygen atoms in total. The molecule has 72 valence electrons. The van der Waals surface area contributed by atoms with Gasteiger partial charge in [-0.05, 0) is 6.44 Å². The van der Waals surface area contributed by atoms with Crippen molar-refractivity contribution in [2.24, 2.45) is 5.41 Å². The van der Waals surface area contributed by atoms with Gasteiger partial charge < -0.3 is 18.3 Å². The van der Waals surface area contributed by atoms with Crippen molar-refractivity contribution >= 4 is 12.9 Å². The minimum Gasteiger partial charge on any atom is -0.448 e. The van der Waals surface area contributed by atoms with Crippen LogP contribution < -0.4 is 56.7 Å². The molecule has 0 aromatic carbocycles. The van der Waals surface area contributed by atoms with E-state index in [-0.39, 0.29) is 51.4 Å². The van der Waals surface area contributed by atoms with Crippen LogP contribution in [0.5, 0.6) is 0 Å². The zero-order valence-electron chi connectivity index (χ0n) is 8.33. The van der Waals surface area contributed by atoms with E-state index < -0.39 is 24.7 Å². The van der Waals surface area contributed by atoms with E-state index in [1.54, 1.807) is 20.8 Å². The van der Waals surface area contributed by atoms with E-state index in [9.17, 15) is 17.7 Å². The van der Waals surface area contributed by atoms with E-state index in [4.69, 9.17) is 0 Å². The second-order valence-corrected chi connectivity index (χ2v) is 3.67. The molecule has 7 heteroatoms. The first-order valence-electron chi connectivity index (χ1n) is 3.62. The Balaban J connectivity index is 0. The maximum Gasteiger partial charge on any atom is 1.00 e. The fourth-order valence-corrected chi connectivity index (χ4v) is 0.474. The molecule has 0 aliphatic rings. The summed E-state index contributed by atoms with van der Waals surface area (Å²) in [7, 11) is 0. The third kappa shape index (κ3) is 9.27. The van der Waals surface area contributed by atoms with Crippen molar-refractivity contribution in [2.45, 2.75) is 20.8 Å². The summed E-state index contributed by atoms with van der Waals surface area (Å²) in [6, 6.07) is 0. The number of hydrogen-bond donors (Lipinski definition) is 1. The molecule has 0 fully saturated rings. The third-order valence-corrected chi connectivity index (χ3v) is 1.18. The Morgan fingerprint density at radius 1 is 1.31 bits per heavy atom. The molecule has 1 N–H and O–H groups in total. The van der Waals surface area contributed by atoms with Crippen LogP contribution >= 0.6 is 0 Å². The Bertz CT molecular complexity index is 178.